The first kappa shape index (κ1) is 14.5. The average Bonchev–Trinajstić information content (AvgIpc) is 2.37. The van der Waals surface area contributed by atoms with Gasteiger partial charge in [0.15, 0.2) is 5.05 Å². The van der Waals surface area contributed by atoms with Crippen molar-refractivity contribution in [2.45, 2.75) is 26.4 Å². The Hall–Kier alpha value is -1.87. The Balaban J connectivity index is 2.50. The number of thiocarbonyl (C=S) groups is 1. The molecular formula is C17H18O2S. The van der Waals surface area contributed by atoms with Crippen molar-refractivity contribution < 1.29 is 9.84 Å². The quantitative estimate of drug-likeness (QED) is 0.821. The van der Waals surface area contributed by atoms with Crippen molar-refractivity contribution in [2.75, 3.05) is 0 Å². The lowest BCUT2D eigenvalue weighted by Crippen LogP contribution is -2.23. The standard InChI is InChI=1S/C17H18O2S/c1-17(2,3)19-16(20)15-13(10-7-11-14(15)18)12-8-5-4-6-9-12/h4-11,18H,1-3H3. The van der Waals surface area contributed by atoms with Crippen LogP contribution in [-0.2, 0) is 4.74 Å². The summed E-state index contributed by atoms with van der Waals surface area (Å²) in [7, 11) is 0. The van der Waals surface area contributed by atoms with Crippen molar-refractivity contribution in [2.24, 2.45) is 0 Å². The SMILES string of the molecule is CC(C)(C)OC(=S)c1c(O)cccc1-c1ccccc1. The zero-order valence-electron chi connectivity index (χ0n) is 11.9. The number of hydrogen-bond acceptors (Lipinski definition) is 3. The Kier molecular flexibility index (Phi) is 4.09. The Morgan fingerprint density at radius 1 is 1.00 bits per heavy atom. The zero-order chi connectivity index (χ0) is 14.8. The lowest BCUT2D eigenvalue weighted by Gasteiger charge is -2.23. The van der Waals surface area contributed by atoms with Gasteiger partial charge < -0.3 is 9.84 Å². The van der Waals surface area contributed by atoms with Crippen LogP contribution in [0.1, 0.15) is 26.3 Å². The van der Waals surface area contributed by atoms with Crippen LogP contribution in [0, 0.1) is 0 Å². The summed E-state index contributed by atoms with van der Waals surface area (Å²) in [6.07, 6.45) is 0. The maximum atomic E-state index is 10.2. The van der Waals surface area contributed by atoms with Gasteiger partial charge in [0.25, 0.3) is 0 Å². The molecule has 20 heavy (non-hydrogen) atoms. The molecule has 0 atom stereocenters. The first-order valence-electron chi connectivity index (χ1n) is 6.49. The van der Waals surface area contributed by atoms with Gasteiger partial charge in [0.1, 0.15) is 11.4 Å². The predicted octanol–water partition coefficient (Wildman–Crippen LogP) is 4.55. The molecule has 104 valence electrons. The lowest BCUT2D eigenvalue weighted by atomic mass is 9.99. The smallest absolute Gasteiger partial charge is 0.196 e. The third-order valence-electron chi connectivity index (χ3n) is 2.73. The molecule has 2 rings (SSSR count). The van der Waals surface area contributed by atoms with Gasteiger partial charge in [-0.1, -0.05) is 42.5 Å². The summed E-state index contributed by atoms with van der Waals surface area (Å²) in [5.41, 5.74) is 2.05. The summed E-state index contributed by atoms with van der Waals surface area (Å²) in [6.45, 7) is 5.80. The van der Waals surface area contributed by atoms with Crippen LogP contribution in [0.5, 0.6) is 5.75 Å². The molecule has 0 aromatic heterocycles. The highest BCUT2D eigenvalue weighted by Crippen LogP contribution is 2.32. The van der Waals surface area contributed by atoms with Gasteiger partial charge in [-0.05, 0) is 50.2 Å². The number of benzene rings is 2. The van der Waals surface area contributed by atoms with E-state index in [1.54, 1.807) is 12.1 Å². The summed E-state index contributed by atoms with van der Waals surface area (Å²) in [5, 5.41) is 10.5. The van der Waals surface area contributed by atoms with E-state index in [1.165, 1.54) is 0 Å². The summed E-state index contributed by atoms with van der Waals surface area (Å²) in [6, 6.07) is 15.2. The van der Waals surface area contributed by atoms with Crippen LogP contribution in [0.15, 0.2) is 48.5 Å². The van der Waals surface area contributed by atoms with Gasteiger partial charge in [-0.15, -0.1) is 0 Å². The minimum absolute atomic E-state index is 0.139. The fourth-order valence-electron chi connectivity index (χ4n) is 1.94. The van der Waals surface area contributed by atoms with Crippen LogP contribution in [-0.4, -0.2) is 15.8 Å². The van der Waals surface area contributed by atoms with Crippen LogP contribution in [0.4, 0.5) is 0 Å². The van der Waals surface area contributed by atoms with E-state index in [9.17, 15) is 5.11 Å². The Morgan fingerprint density at radius 3 is 2.25 bits per heavy atom. The summed E-state index contributed by atoms with van der Waals surface area (Å²) < 4.78 is 5.74. The molecule has 3 heteroatoms. The van der Waals surface area contributed by atoms with E-state index in [0.29, 0.717) is 10.6 Å². The number of ether oxygens (including phenoxy) is 1. The van der Waals surface area contributed by atoms with Gasteiger partial charge in [-0.3, -0.25) is 0 Å². The fourth-order valence-corrected chi connectivity index (χ4v) is 2.41. The second kappa shape index (κ2) is 5.63. The molecule has 0 radical (unpaired) electrons. The molecule has 0 fully saturated rings. The summed E-state index contributed by atoms with van der Waals surface area (Å²) in [5.74, 6) is 0.139. The van der Waals surface area contributed by atoms with Crippen molar-refractivity contribution >= 4 is 17.3 Å². The van der Waals surface area contributed by atoms with E-state index in [-0.39, 0.29) is 5.75 Å². The summed E-state index contributed by atoms with van der Waals surface area (Å²) in [4.78, 5) is 0. The van der Waals surface area contributed by atoms with E-state index < -0.39 is 5.60 Å². The van der Waals surface area contributed by atoms with E-state index in [4.69, 9.17) is 17.0 Å². The molecular weight excluding hydrogens is 268 g/mol. The number of hydrogen-bond donors (Lipinski definition) is 1. The van der Waals surface area contributed by atoms with Crippen LogP contribution in [0.25, 0.3) is 11.1 Å². The second-order valence-electron chi connectivity index (χ2n) is 5.57. The number of phenols is 1. The molecule has 0 heterocycles. The van der Waals surface area contributed by atoms with Crippen LogP contribution in [0.2, 0.25) is 0 Å². The highest BCUT2D eigenvalue weighted by molar-refractivity contribution is 7.80. The normalized spacial score (nSPS) is 11.2. The van der Waals surface area contributed by atoms with Crippen LogP contribution in [0.3, 0.4) is 0 Å². The second-order valence-corrected chi connectivity index (χ2v) is 5.94. The van der Waals surface area contributed by atoms with E-state index in [0.717, 1.165) is 11.1 Å². The van der Waals surface area contributed by atoms with Crippen molar-refractivity contribution in [3.05, 3.63) is 54.1 Å². The third kappa shape index (κ3) is 3.36. The molecule has 0 aliphatic rings. The molecule has 0 spiro atoms. The molecule has 0 aliphatic carbocycles. The fraction of sp³-hybridized carbons (Fsp3) is 0.235. The molecule has 2 aromatic rings. The van der Waals surface area contributed by atoms with E-state index >= 15 is 0 Å². The summed E-state index contributed by atoms with van der Waals surface area (Å²) >= 11 is 5.36. The van der Waals surface area contributed by atoms with Gasteiger partial charge in [-0.25, -0.2) is 0 Å². The Bertz CT molecular complexity index is 613. The minimum atomic E-state index is -0.396. The Morgan fingerprint density at radius 2 is 1.65 bits per heavy atom. The van der Waals surface area contributed by atoms with Gasteiger partial charge in [0.2, 0.25) is 0 Å². The molecule has 2 nitrogen and oxygen atoms in total. The maximum Gasteiger partial charge on any atom is 0.196 e. The molecule has 0 unspecified atom stereocenters. The highest BCUT2D eigenvalue weighted by atomic mass is 32.1. The maximum absolute atomic E-state index is 10.2. The molecule has 0 saturated heterocycles. The zero-order valence-corrected chi connectivity index (χ0v) is 12.7. The lowest BCUT2D eigenvalue weighted by molar-refractivity contribution is 0.122. The minimum Gasteiger partial charge on any atom is -0.507 e. The monoisotopic (exact) mass is 286 g/mol. The van der Waals surface area contributed by atoms with Crippen molar-refractivity contribution in [1.29, 1.82) is 0 Å². The van der Waals surface area contributed by atoms with E-state index in [2.05, 4.69) is 0 Å². The molecule has 0 bridgehead atoms. The number of aromatic hydroxyl groups is 1. The topological polar surface area (TPSA) is 29.5 Å². The predicted molar refractivity (Wildman–Crippen MR) is 86.1 cm³/mol. The third-order valence-corrected chi connectivity index (χ3v) is 3.02. The van der Waals surface area contributed by atoms with Gasteiger partial charge in [0.05, 0.1) is 5.56 Å². The molecule has 1 N–H and O–H groups in total. The largest absolute Gasteiger partial charge is 0.507 e. The van der Waals surface area contributed by atoms with Crippen molar-refractivity contribution in [1.82, 2.24) is 0 Å². The van der Waals surface area contributed by atoms with Gasteiger partial charge >= 0.3 is 0 Å². The molecule has 0 saturated carbocycles. The van der Waals surface area contributed by atoms with Crippen LogP contribution < -0.4 is 0 Å². The molecule has 0 aliphatic heterocycles. The van der Waals surface area contributed by atoms with Crippen molar-refractivity contribution in [3.63, 3.8) is 0 Å². The molecule has 0 amide bonds. The van der Waals surface area contributed by atoms with Gasteiger partial charge in [0, 0.05) is 0 Å². The average molecular weight is 286 g/mol. The number of rotatable bonds is 2. The highest BCUT2D eigenvalue weighted by Gasteiger charge is 2.20. The number of phenolic OH excluding ortho intramolecular Hbond substituents is 1. The van der Waals surface area contributed by atoms with Crippen LogP contribution >= 0.6 is 12.2 Å². The molecule has 2 aromatic carbocycles. The first-order chi connectivity index (χ1) is 9.38. The van der Waals surface area contributed by atoms with Crippen molar-refractivity contribution in [3.8, 4) is 16.9 Å². The Labute approximate surface area is 125 Å². The van der Waals surface area contributed by atoms with E-state index in [1.807, 2.05) is 57.2 Å². The van der Waals surface area contributed by atoms with Gasteiger partial charge in [-0.2, -0.15) is 0 Å². The first-order valence-corrected chi connectivity index (χ1v) is 6.90.